The molecule has 4 heteroatoms. The first-order chi connectivity index (χ1) is 9.72. The Morgan fingerprint density at radius 1 is 1.35 bits per heavy atom. The standard InChI is InChI=1S/C16H28N4/c1-13(2)16-11-19(10-15-8-17-12-18-15)6-3-7-20(16)9-14-4-5-14/h8,12-14,16H,3-7,9-11H2,1-2H3,(H,17,18)/t16-/m1/s1. The van der Waals surface area contributed by atoms with Crippen LogP contribution in [0, 0.1) is 11.8 Å². The predicted octanol–water partition coefficient (Wildman–Crippen LogP) is 2.35. The molecule has 0 aromatic carbocycles. The highest BCUT2D eigenvalue weighted by Gasteiger charge is 2.32. The van der Waals surface area contributed by atoms with Gasteiger partial charge in [-0.3, -0.25) is 9.80 Å². The molecule has 112 valence electrons. The van der Waals surface area contributed by atoms with Crippen molar-refractivity contribution in [2.45, 2.75) is 45.7 Å². The van der Waals surface area contributed by atoms with Gasteiger partial charge < -0.3 is 4.98 Å². The number of aromatic amines is 1. The van der Waals surface area contributed by atoms with E-state index < -0.39 is 0 Å². The molecule has 0 spiro atoms. The number of rotatable bonds is 5. The minimum atomic E-state index is 0.709. The van der Waals surface area contributed by atoms with Gasteiger partial charge in [0.2, 0.25) is 0 Å². The van der Waals surface area contributed by atoms with Gasteiger partial charge in [-0.05, 0) is 44.2 Å². The molecule has 1 atom stereocenters. The van der Waals surface area contributed by atoms with Gasteiger partial charge in [0.1, 0.15) is 0 Å². The van der Waals surface area contributed by atoms with Crippen molar-refractivity contribution in [2.75, 3.05) is 26.2 Å². The molecule has 1 aromatic heterocycles. The van der Waals surface area contributed by atoms with E-state index in [1.54, 1.807) is 6.33 Å². The van der Waals surface area contributed by atoms with E-state index in [0.717, 1.165) is 18.4 Å². The van der Waals surface area contributed by atoms with Crippen LogP contribution < -0.4 is 0 Å². The summed E-state index contributed by atoms with van der Waals surface area (Å²) in [5.41, 5.74) is 1.24. The number of hydrogen-bond acceptors (Lipinski definition) is 3. The second-order valence-electron chi connectivity index (χ2n) is 6.92. The molecule has 1 N–H and O–H groups in total. The third-order valence-electron chi connectivity index (χ3n) is 4.74. The van der Waals surface area contributed by atoms with Crippen molar-refractivity contribution < 1.29 is 0 Å². The first-order valence-electron chi connectivity index (χ1n) is 8.16. The highest BCUT2D eigenvalue weighted by molar-refractivity contribution is 4.95. The maximum absolute atomic E-state index is 4.14. The molecule has 1 aromatic rings. The molecule has 2 aliphatic rings. The summed E-state index contributed by atoms with van der Waals surface area (Å²) >= 11 is 0. The normalized spacial score (nSPS) is 26.1. The average Bonchev–Trinajstić information content (AvgIpc) is 3.13. The molecule has 1 aliphatic heterocycles. The van der Waals surface area contributed by atoms with E-state index in [2.05, 4.69) is 33.6 Å². The van der Waals surface area contributed by atoms with Gasteiger partial charge in [-0.1, -0.05) is 13.8 Å². The van der Waals surface area contributed by atoms with Crippen LogP contribution in [0.3, 0.4) is 0 Å². The van der Waals surface area contributed by atoms with E-state index >= 15 is 0 Å². The Kier molecular flexibility index (Phi) is 4.41. The average molecular weight is 276 g/mol. The summed E-state index contributed by atoms with van der Waals surface area (Å²) in [5.74, 6) is 1.73. The quantitative estimate of drug-likeness (QED) is 0.896. The maximum atomic E-state index is 4.14. The third kappa shape index (κ3) is 3.61. The van der Waals surface area contributed by atoms with Crippen molar-refractivity contribution >= 4 is 0 Å². The fraction of sp³-hybridized carbons (Fsp3) is 0.812. The zero-order valence-electron chi connectivity index (χ0n) is 12.9. The number of H-pyrrole nitrogens is 1. The minimum absolute atomic E-state index is 0.709. The number of nitrogens with zero attached hydrogens (tertiary/aromatic N) is 3. The number of aromatic nitrogens is 2. The van der Waals surface area contributed by atoms with Crippen molar-refractivity contribution in [1.82, 2.24) is 19.8 Å². The van der Waals surface area contributed by atoms with Crippen molar-refractivity contribution in [3.05, 3.63) is 18.2 Å². The van der Waals surface area contributed by atoms with Gasteiger partial charge in [0.25, 0.3) is 0 Å². The fourth-order valence-corrected chi connectivity index (χ4v) is 3.38. The van der Waals surface area contributed by atoms with E-state index in [1.165, 1.54) is 51.1 Å². The van der Waals surface area contributed by atoms with Crippen molar-refractivity contribution in [1.29, 1.82) is 0 Å². The highest BCUT2D eigenvalue weighted by atomic mass is 15.2. The number of imidazole rings is 1. The van der Waals surface area contributed by atoms with Crippen LogP contribution in [0.15, 0.2) is 12.5 Å². The van der Waals surface area contributed by atoms with E-state index in [9.17, 15) is 0 Å². The lowest BCUT2D eigenvalue weighted by atomic mass is 10.0. The summed E-state index contributed by atoms with van der Waals surface area (Å²) in [6, 6.07) is 0.709. The monoisotopic (exact) mass is 276 g/mol. The van der Waals surface area contributed by atoms with Crippen molar-refractivity contribution in [2.24, 2.45) is 11.8 Å². The second-order valence-corrected chi connectivity index (χ2v) is 6.92. The molecule has 20 heavy (non-hydrogen) atoms. The minimum Gasteiger partial charge on any atom is -0.347 e. The molecule has 4 nitrogen and oxygen atoms in total. The van der Waals surface area contributed by atoms with Crippen LogP contribution in [0.25, 0.3) is 0 Å². The van der Waals surface area contributed by atoms with Gasteiger partial charge in [0.15, 0.2) is 0 Å². The molecular formula is C16H28N4. The van der Waals surface area contributed by atoms with Crippen molar-refractivity contribution in [3.8, 4) is 0 Å². The van der Waals surface area contributed by atoms with Crippen LogP contribution in [0.5, 0.6) is 0 Å². The van der Waals surface area contributed by atoms with Gasteiger partial charge in [-0.2, -0.15) is 0 Å². The third-order valence-corrected chi connectivity index (χ3v) is 4.74. The van der Waals surface area contributed by atoms with Gasteiger partial charge in [0, 0.05) is 37.6 Å². The maximum Gasteiger partial charge on any atom is 0.0922 e. The van der Waals surface area contributed by atoms with E-state index in [1.807, 2.05) is 6.20 Å². The SMILES string of the molecule is CC(C)[C@H]1CN(Cc2cnc[nH]2)CCCN1CC1CC1. The van der Waals surface area contributed by atoms with Crippen LogP contribution in [-0.4, -0.2) is 52.0 Å². The van der Waals surface area contributed by atoms with Crippen LogP contribution in [0.1, 0.15) is 38.8 Å². The second kappa shape index (κ2) is 6.27. The van der Waals surface area contributed by atoms with E-state index in [0.29, 0.717) is 6.04 Å². The molecule has 0 bridgehead atoms. The van der Waals surface area contributed by atoms with Gasteiger partial charge in [0.05, 0.1) is 6.33 Å². The molecule has 3 rings (SSSR count). The summed E-state index contributed by atoms with van der Waals surface area (Å²) in [5, 5.41) is 0. The smallest absolute Gasteiger partial charge is 0.0922 e. The Bertz CT molecular complexity index is 397. The largest absolute Gasteiger partial charge is 0.347 e. The van der Waals surface area contributed by atoms with E-state index in [-0.39, 0.29) is 0 Å². The van der Waals surface area contributed by atoms with Gasteiger partial charge in [-0.15, -0.1) is 0 Å². The lowest BCUT2D eigenvalue weighted by molar-refractivity contribution is 0.131. The Labute approximate surface area is 122 Å². The Hall–Kier alpha value is -0.870. The van der Waals surface area contributed by atoms with Crippen LogP contribution >= 0.6 is 0 Å². The Morgan fingerprint density at radius 3 is 2.85 bits per heavy atom. The lowest BCUT2D eigenvalue weighted by Gasteiger charge is -2.34. The van der Waals surface area contributed by atoms with Crippen LogP contribution in [0.2, 0.25) is 0 Å². The first-order valence-corrected chi connectivity index (χ1v) is 8.16. The summed E-state index contributed by atoms with van der Waals surface area (Å²) in [6.07, 6.45) is 7.95. The molecule has 0 amide bonds. The number of nitrogens with one attached hydrogen (secondary N) is 1. The molecule has 1 saturated carbocycles. The van der Waals surface area contributed by atoms with Gasteiger partial charge in [-0.25, -0.2) is 4.98 Å². The molecule has 2 fully saturated rings. The predicted molar refractivity (Wildman–Crippen MR) is 81.4 cm³/mol. The zero-order chi connectivity index (χ0) is 13.9. The zero-order valence-corrected chi connectivity index (χ0v) is 12.9. The number of hydrogen-bond donors (Lipinski definition) is 1. The summed E-state index contributed by atoms with van der Waals surface area (Å²) in [6.45, 7) is 10.8. The summed E-state index contributed by atoms with van der Waals surface area (Å²) in [7, 11) is 0. The molecule has 0 unspecified atom stereocenters. The molecule has 2 heterocycles. The topological polar surface area (TPSA) is 35.2 Å². The lowest BCUT2D eigenvalue weighted by Crippen LogP contribution is -2.45. The fourth-order valence-electron chi connectivity index (χ4n) is 3.38. The summed E-state index contributed by atoms with van der Waals surface area (Å²) < 4.78 is 0. The van der Waals surface area contributed by atoms with E-state index in [4.69, 9.17) is 0 Å². The Morgan fingerprint density at radius 2 is 2.20 bits per heavy atom. The molecule has 0 radical (unpaired) electrons. The first kappa shape index (κ1) is 14.1. The summed E-state index contributed by atoms with van der Waals surface area (Å²) in [4.78, 5) is 12.7. The molecular weight excluding hydrogens is 248 g/mol. The van der Waals surface area contributed by atoms with Crippen LogP contribution in [0.4, 0.5) is 0 Å². The van der Waals surface area contributed by atoms with Gasteiger partial charge >= 0.3 is 0 Å². The Balaban J connectivity index is 1.63. The molecule has 1 aliphatic carbocycles. The highest BCUT2D eigenvalue weighted by Crippen LogP contribution is 2.31. The van der Waals surface area contributed by atoms with Crippen LogP contribution in [-0.2, 0) is 6.54 Å². The molecule has 1 saturated heterocycles. The van der Waals surface area contributed by atoms with Crippen molar-refractivity contribution in [3.63, 3.8) is 0 Å².